The molecule has 5 nitrogen and oxygen atoms in total. The van der Waals surface area contributed by atoms with E-state index in [1.165, 1.54) is 11.0 Å². The lowest BCUT2D eigenvalue weighted by Crippen LogP contribution is -2.36. The molecule has 2 saturated heterocycles. The lowest BCUT2D eigenvalue weighted by Gasteiger charge is -2.29. The first-order chi connectivity index (χ1) is 9.65. The second-order valence-corrected chi connectivity index (χ2v) is 4.93. The minimum Gasteiger partial charge on any atom is -0.378 e. The first-order valence-electron chi connectivity index (χ1n) is 6.59. The Morgan fingerprint density at radius 3 is 2.50 bits per heavy atom. The average Bonchev–Trinajstić information content (AvgIpc) is 2.78. The number of ketones is 1. The van der Waals surface area contributed by atoms with Crippen molar-refractivity contribution in [2.75, 3.05) is 42.6 Å². The van der Waals surface area contributed by atoms with Crippen LogP contribution in [0.3, 0.4) is 0 Å². The molecule has 0 bridgehead atoms. The van der Waals surface area contributed by atoms with Gasteiger partial charge in [0.25, 0.3) is 0 Å². The second-order valence-electron chi connectivity index (χ2n) is 4.93. The van der Waals surface area contributed by atoms with Gasteiger partial charge in [0.1, 0.15) is 5.82 Å². The number of halogens is 1. The maximum Gasteiger partial charge on any atom is 0.234 e. The van der Waals surface area contributed by atoms with Crippen LogP contribution in [0.2, 0.25) is 0 Å². The van der Waals surface area contributed by atoms with Crippen LogP contribution < -0.4 is 9.80 Å². The predicted molar refractivity (Wildman–Crippen MR) is 71.4 cm³/mol. The lowest BCUT2D eigenvalue weighted by atomic mass is 10.2. The summed E-state index contributed by atoms with van der Waals surface area (Å²) < 4.78 is 19.4. The molecule has 1 amide bonds. The fourth-order valence-electron chi connectivity index (χ4n) is 2.54. The van der Waals surface area contributed by atoms with Crippen LogP contribution in [0, 0.1) is 5.82 Å². The number of carbonyl (C=O) groups is 2. The Hall–Kier alpha value is -1.95. The van der Waals surface area contributed by atoms with E-state index in [-0.39, 0.29) is 30.5 Å². The highest BCUT2D eigenvalue weighted by Crippen LogP contribution is 2.27. The van der Waals surface area contributed by atoms with Crippen molar-refractivity contribution >= 4 is 23.1 Å². The van der Waals surface area contributed by atoms with Crippen molar-refractivity contribution in [2.45, 2.75) is 6.42 Å². The molecule has 1 aromatic carbocycles. The summed E-state index contributed by atoms with van der Waals surface area (Å²) in [6.45, 7) is 2.50. The van der Waals surface area contributed by atoms with Gasteiger partial charge in [-0.3, -0.25) is 9.59 Å². The zero-order valence-corrected chi connectivity index (χ0v) is 11.0. The van der Waals surface area contributed by atoms with Gasteiger partial charge in [-0.1, -0.05) is 0 Å². The fourth-order valence-corrected chi connectivity index (χ4v) is 2.54. The second kappa shape index (κ2) is 5.20. The molecule has 0 N–H and O–H groups in total. The molecule has 2 aliphatic rings. The molecule has 0 atom stereocenters. The molecule has 3 rings (SSSR count). The van der Waals surface area contributed by atoms with Crippen LogP contribution in [0.15, 0.2) is 18.2 Å². The van der Waals surface area contributed by atoms with Crippen LogP contribution in [0.25, 0.3) is 0 Å². The quantitative estimate of drug-likeness (QED) is 0.756. The van der Waals surface area contributed by atoms with E-state index in [0.29, 0.717) is 37.7 Å². The molecule has 0 aromatic heterocycles. The van der Waals surface area contributed by atoms with Gasteiger partial charge >= 0.3 is 0 Å². The van der Waals surface area contributed by atoms with Gasteiger partial charge in [0.2, 0.25) is 5.91 Å². The molecule has 2 aliphatic heterocycles. The maximum absolute atomic E-state index is 14.2. The van der Waals surface area contributed by atoms with E-state index >= 15 is 0 Å². The number of carbonyl (C=O) groups excluding carboxylic acids is 2. The van der Waals surface area contributed by atoms with E-state index in [1.54, 1.807) is 12.1 Å². The smallest absolute Gasteiger partial charge is 0.234 e. The molecule has 20 heavy (non-hydrogen) atoms. The van der Waals surface area contributed by atoms with Crippen molar-refractivity contribution in [1.29, 1.82) is 0 Å². The number of nitrogens with zero attached hydrogens (tertiary/aromatic N) is 2. The molecule has 2 fully saturated rings. The Bertz CT molecular complexity index is 555. The highest BCUT2D eigenvalue weighted by molar-refractivity contribution is 6.15. The summed E-state index contributed by atoms with van der Waals surface area (Å²) in [5, 5.41) is 0. The van der Waals surface area contributed by atoms with Crippen LogP contribution in [-0.2, 0) is 14.3 Å². The fraction of sp³-hybridized carbons (Fsp3) is 0.429. The van der Waals surface area contributed by atoms with Gasteiger partial charge in [-0.25, -0.2) is 4.39 Å². The number of morpholine rings is 1. The standard InChI is InChI=1S/C14H15FN2O3/c15-12-7-10(17-9-11(18)8-14(17)19)1-2-13(12)16-3-5-20-6-4-16/h1-2,7H,3-6,8-9H2. The summed E-state index contributed by atoms with van der Waals surface area (Å²) >= 11 is 0. The van der Waals surface area contributed by atoms with E-state index in [2.05, 4.69) is 0 Å². The van der Waals surface area contributed by atoms with Crippen LogP contribution in [0.4, 0.5) is 15.8 Å². The molecule has 0 saturated carbocycles. The maximum atomic E-state index is 14.2. The number of hydrogen-bond acceptors (Lipinski definition) is 4. The zero-order chi connectivity index (χ0) is 14.1. The minimum atomic E-state index is -0.378. The molecule has 0 spiro atoms. The number of benzene rings is 1. The predicted octanol–water partition coefficient (Wildman–Crippen LogP) is 0.968. The molecule has 106 valence electrons. The molecular weight excluding hydrogens is 263 g/mol. The lowest BCUT2D eigenvalue weighted by molar-refractivity contribution is -0.121. The zero-order valence-electron chi connectivity index (χ0n) is 11.0. The Morgan fingerprint density at radius 2 is 1.90 bits per heavy atom. The van der Waals surface area contributed by atoms with Crippen molar-refractivity contribution in [1.82, 2.24) is 0 Å². The highest BCUT2D eigenvalue weighted by Gasteiger charge is 2.29. The van der Waals surface area contributed by atoms with E-state index < -0.39 is 0 Å². The molecule has 0 unspecified atom stereocenters. The van der Waals surface area contributed by atoms with Crippen molar-refractivity contribution in [3.8, 4) is 0 Å². The molecule has 2 heterocycles. The van der Waals surface area contributed by atoms with E-state index in [4.69, 9.17) is 4.74 Å². The van der Waals surface area contributed by atoms with Gasteiger partial charge in [-0.15, -0.1) is 0 Å². The third-order valence-corrected chi connectivity index (χ3v) is 3.58. The SMILES string of the molecule is O=C1CC(=O)N(c2ccc(N3CCOCC3)c(F)c2)C1. The van der Waals surface area contributed by atoms with Gasteiger partial charge in [0.05, 0.1) is 31.9 Å². The largest absolute Gasteiger partial charge is 0.378 e. The number of rotatable bonds is 2. The van der Waals surface area contributed by atoms with E-state index in [1.807, 2.05) is 4.90 Å². The first kappa shape index (κ1) is 13.1. The van der Waals surface area contributed by atoms with Gasteiger partial charge in [0.15, 0.2) is 5.78 Å². The van der Waals surface area contributed by atoms with Gasteiger partial charge in [0, 0.05) is 18.8 Å². The Kier molecular flexibility index (Phi) is 3.40. The Labute approximate surface area is 115 Å². The van der Waals surface area contributed by atoms with Crippen LogP contribution in [0.1, 0.15) is 6.42 Å². The average molecular weight is 278 g/mol. The minimum absolute atomic E-state index is 0.0369. The summed E-state index contributed by atoms with van der Waals surface area (Å²) in [5.41, 5.74) is 0.949. The summed E-state index contributed by atoms with van der Waals surface area (Å²) in [5.74, 6) is -0.780. The number of hydrogen-bond donors (Lipinski definition) is 0. The highest BCUT2D eigenvalue weighted by atomic mass is 19.1. The third kappa shape index (κ3) is 2.38. The van der Waals surface area contributed by atoms with Crippen molar-refractivity contribution in [3.05, 3.63) is 24.0 Å². The van der Waals surface area contributed by atoms with Crippen molar-refractivity contribution in [3.63, 3.8) is 0 Å². The Morgan fingerprint density at radius 1 is 1.15 bits per heavy atom. The topological polar surface area (TPSA) is 49.9 Å². The summed E-state index contributed by atoms with van der Waals surface area (Å²) in [6.07, 6.45) is -0.0904. The van der Waals surface area contributed by atoms with Crippen LogP contribution >= 0.6 is 0 Å². The molecule has 0 radical (unpaired) electrons. The third-order valence-electron chi connectivity index (χ3n) is 3.58. The summed E-state index contributed by atoms with van der Waals surface area (Å²) in [7, 11) is 0. The molecule has 0 aliphatic carbocycles. The number of amides is 1. The van der Waals surface area contributed by atoms with Gasteiger partial charge < -0.3 is 14.5 Å². The normalized spacial score (nSPS) is 19.9. The molecular formula is C14H15FN2O3. The van der Waals surface area contributed by atoms with Crippen LogP contribution in [-0.4, -0.2) is 44.5 Å². The monoisotopic (exact) mass is 278 g/mol. The van der Waals surface area contributed by atoms with Crippen molar-refractivity contribution < 1.29 is 18.7 Å². The molecule has 1 aromatic rings. The van der Waals surface area contributed by atoms with Crippen molar-refractivity contribution in [2.24, 2.45) is 0 Å². The number of anilines is 2. The number of Topliss-reactive ketones (excluding diaryl/α,β-unsaturated/α-hetero) is 1. The Balaban J connectivity index is 1.83. The van der Waals surface area contributed by atoms with Crippen LogP contribution in [0.5, 0.6) is 0 Å². The summed E-state index contributed by atoms with van der Waals surface area (Å²) in [4.78, 5) is 26.1. The van der Waals surface area contributed by atoms with E-state index in [0.717, 1.165) is 0 Å². The van der Waals surface area contributed by atoms with Gasteiger partial charge in [-0.2, -0.15) is 0 Å². The van der Waals surface area contributed by atoms with Gasteiger partial charge in [-0.05, 0) is 18.2 Å². The first-order valence-corrected chi connectivity index (χ1v) is 6.59. The summed E-state index contributed by atoms with van der Waals surface area (Å²) in [6, 6.07) is 4.66. The molecule has 6 heteroatoms. The van der Waals surface area contributed by atoms with E-state index in [9.17, 15) is 14.0 Å². The number of ether oxygens (including phenoxy) is 1.